The molecule has 0 N–H and O–H groups in total. The van der Waals surface area contributed by atoms with E-state index < -0.39 is 22.4 Å². The predicted octanol–water partition coefficient (Wildman–Crippen LogP) is 13.2. The zero-order chi connectivity index (χ0) is 39.9. The first-order chi connectivity index (χ1) is 27.4. The van der Waals surface area contributed by atoms with E-state index in [0.29, 0.717) is 34.5 Å². The Bertz CT molecular complexity index is 2400. The van der Waals surface area contributed by atoms with Crippen LogP contribution in [-0.4, -0.2) is 14.2 Å². The highest BCUT2D eigenvalue weighted by atomic mass is 31.2. The molecular formula is C48H46O7P2. The van der Waals surface area contributed by atoms with Gasteiger partial charge in [0.1, 0.15) is 28.7 Å². The quantitative estimate of drug-likeness (QED) is 0.135. The largest absolute Gasteiger partial charge is 0.530 e. The van der Waals surface area contributed by atoms with Crippen LogP contribution in [0.25, 0.3) is 33.8 Å². The summed E-state index contributed by atoms with van der Waals surface area (Å²) in [5.74, 6) is 4.63. The Morgan fingerprint density at radius 1 is 0.456 bits per heavy atom. The van der Waals surface area contributed by atoms with Crippen molar-refractivity contribution in [3.63, 3.8) is 0 Å². The lowest BCUT2D eigenvalue weighted by Gasteiger charge is -2.32. The highest BCUT2D eigenvalue weighted by molar-refractivity contribution is 7.57. The number of fused-ring (bicyclic) bond motifs is 3. The lowest BCUT2D eigenvalue weighted by atomic mass is 9.81. The van der Waals surface area contributed by atoms with Gasteiger partial charge in [-0.25, -0.2) is 0 Å². The van der Waals surface area contributed by atoms with Crippen LogP contribution in [0.15, 0.2) is 133 Å². The molecule has 57 heavy (non-hydrogen) atoms. The molecular weight excluding hydrogens is 750 g/mol. The number of benzene rings is 6. The van der Waals surface area contributed by atoms with Crippen molar-refractivity contribution in [3.05, 3.63) is 156 Å². The van der Waals surface area contributed by atoms with Gasteiger partial charge < -0.3 is 32.1 Å². The molecule has 1 unspecified atom stereocenters. The van der Waals surface area contributed by atoms with Gasteiger partial charge in [0.05, 0.1) is 19.5 Å². The summed E-state index contributed by atoms with van der Waals surface area (Å²) in [6.45, 7) is 13.0. The standard InChI is InChI=1S/C48H46O7P2/c1-47(2,3)39-29-33(49-7)27-37(45(39)52-56-42-26-18-16-24-36(42)35-23-15-17-25-41(35)51-56)38-28-34(50-8)30-40(48(4,5)6)46(38)55-57-53-43(31-19-11-9-12-20-31)44(54-57)32-21-13-10-14-22-32/h9-30H,1-8H3. The topological polar surface area (TPSA) is 64.6 Å². The Kier molecular flexibility index (Phi) is 10.4. The van der Waals surface area contributed by atoms with Crippen molar-refractivity contribution in [1.29, 1.82) is 0 Å². The molecule has 6 aromatic carbocycles. The summed E-state index contributed by atoms with van der Waals surface area (Å²) in [6, 6.07) is 44.5. The van der Waals surface area contributed by atoms with Crippen molar-refractivity contribution in [3.8, 4) is 51.0 Å². The van der Waals surface area contributed by atoms with E-state index in [4.69, 9.17) is 32.1 Å². The molecule has 0 saturated carbocycles. The summed E-state index contributed by atoms with van der Waals surface area (Å²) < 4.78 is 46.5. The van der Waals surface area contributed by atoms with E-state index >= 15 is 0 Å². The van der Waals surface area contributed by atoms with Crippen LogP contribution in [0.5, 0.6) is 28.7 Å². The Balaban J connectivity index is 1.31. The first-order valence-electron chi connectivity index (χ1n) is 18.9. The fourth-order valence-electron chi connectivity index (χ4n) is 6.98. The van der Waals surface area contributed by atoms with Crippen molar-refractivity contribution in [2.45, 2.75) is 52.4 Å². The molecule has 0 amide bonds. The van der Waals surface area contributed by atoms with Gasteiger partial charge in [-0.15, -0.1) is 0 Å². The molecule has 1 atom stereocenters. The summed E-state index contributed by atoms with van der Waals surface area (Å²) in [5, 5.41) is 0.995. The van der Waals surface area contributed by atoms with Gasteiger partial charge in [-0.1, -0.05) is 139 Å². The van der Waals surface area contributed by atoms with Crippen molar-refractivity contribution >= 4 is 33.8 Å². The number of methoxy groups -OCH3 is 2. The molecule has 6 aromatic rings. The van der Waals surface area contributed by atoms with E-state index in [0.717, 1.165) is 55.6 Å². The van der Waals surface area contributed by atoms with Gasteiger partial charge >= 0.3 is 17.0 Å². The summed E-state index contributed by atoms with van der Waals surface area (Å²) >= 11 is 0. The van der Waals surface area contributed by atoms with Crippen LogP contribution in [-0.2, 0) is 19.9 Å². The number of ether oxygens (including phenoxy) is 2. The number of hydrogen-bond donors (Lipinski definition) is 0. The van der Waals surface area contributed by atoms with E-state index in [-0.39, 0.29) is 5.41 Å². The molecule has 2 heterocycles. The van der Waals surface area contributed by atoms with E-state index in [1.54, 1.807) is 14.2 Å². The Morgan fingerprint density at radius 2 is 0.912 bits per heavy atom. The lowest BCUT2D eigenvalue weighted by Crippen LogP contribution is -2.20. The fourth-order valence-corrected chi connectivity index (χ4v) is 9.65. The zero-order valence-electron chi connectivity index (χ0n) is 33.5. The van der Waals surface area contributed by atoms with Crippen LogP contribution in [0, 0.1) is 0 Å². The second-order valence-electron chi connectivity index (χ2n) is 15.9. The van der Waals surface area contributed by atoms with Gasteiger partial charge in [0.25, 0.3) is 0 Å². The zero-order valence-corrected chi connectivity index (χ0v) is 35.2. The lowest BCUT2D eigenvalue weighted by molar-refractivity contribution is 0.381. The maximum absolute atomic E-state index is 7.28. The molecule has 0 saturated heterocycles. The first kappa shape index (κ1) is 38.4. The minimum absolute atomic E-state index is 0.366. The SMILES string of the molecule is COc1cc(-c2cc(OC)cc(C(C)(C)C)c2OP2Oc3ccccc3-c3ccccc32)c(OP2OC(c3ccccc3)=C(c3ccccc3)O2)c(C(C)(C)C)c1. The predicted molar refractivity (Wildman–Crippen MR) is 231 cm³/mol. The molecule has 0 aliphatic carbocycles. The molecule has 0 bridgehead atoms. The number of rotatable bonds is 9. The second kappa shape index (κ2) is 15.5. The van der Waals surface area contributed by atoms with Crippen molar-refractivity contribution < 1.29 is 32.1 Å². The molecule has 9 heteroatoms. The van der Waals surface area contributed by atoms with Gasteiger partial charge in [-0.05, 0) is 52.8 Å². The van der Waals surface area contributed by atoms with Crippen LogP contribution in [0.2, 0.25) is 0 Å². The smallest absolute Gasteiger partial charge is 0.497 e. The third-order valence-electron chi connectivity index (χ3n) is 9.91. The maximum atomic E-state index is 7.28. The van der Waals surface area contributed by atoms with Gasteiger partial charge in [0.15, 0.2) is 11.5 Å². The Labute approximate surface area is 338 Å². The molecule has 2 aliphatic rings. The molecule has 2 aliphatic heterocycles. The molecule has 0 spiro atoms. The summed E-state index contributed by atoms with van der Waals surface area (Å²) in [5.41, 5.74) is 6.52. The van der Waals surface area contributed by atoms with Crippen LogP contribution in [0.4, 0.5) is 0 Å². The number of hydrogen-bond acceptors (Lipinski definition) is 7. The molecule has 0 fully saturated rings. The van der Waals surface area contributed by atoms with E-state index in [1.807, 2.05) is 103 Å². The Hall–Kier alpha value is -5.48. The molecule has 290 valence electrons. The van der Waals surface area contributed by atoms with Crippen LogP contribution in [0.3, 0.4) is 0 Å². The average Bonchev–Trinajstić information content (AvgIpc) is 3.64. The van der Waals surface area contributed by atoms with Crippen molar-refractivity contribution in [2.75, 3.05) is 14.2 Å². The van der Waals surface area contributed by atoms with Gasteiger partial charge in [0, 0.05) is 38.9 Å². The van der Waals surface area contributed by atoms with E-state index in [1.165, 1.54) is 0 Å². The summed E-state index contributed by atoms with van der Waals surface area (Å²) in [6.07, 6.45) is 0. The molecule has 7 nitrogen and oxygen atoms in total. The molecule has 0 radical (unpaired) electrons. The van der Waals surface area contributed by atoms with Crippen LogP contribution < -0.4 is 28.3 Å². The minimum Gasteiger partial charge on any atom is -0.497 e. The van der Waals surface area contributed by atoms with Crippen molar-refractivity contribution in [2.24, 2.45) is 0 Å². The second-order valence-corrected chi connectivity index (χ2v) is 18.3. The minimum atomic E-state index is -1.97. The maximum Gasteiger partial charge on any atom is 0.530 e. The normalized spacial score (nSPS) is 15.1. The van der Waals surface area contributed by atoms with Gasteiger partial charge in [-0.2, -0.15) is 0 Å². The van der Waals surface area contributed by atoms with Crippen LogP contribution in [0.1, 0.15) is 63.8 Å². The fraction of sp³-hybridized carbons (Fsp3) is 0.208. The average molecular weight is 797 g/mol. The Morgan fingerprint density at radius 3 is 1.42 bits per heavy atom. The molecule has 0 aromatic heterocycles. The third-order valence-corrected chi connectivity index (χ3v) is 12.4. The van der Waals surface area contributed by atoms with Gasteiger partial charge in [0.2, 0.25) is 0 Å². The summed E-state index contributed by atoms with van der Waals surface area (Å²) in [4.78, 5) is 0. The summed E-state index contributed by atoms with van der Waals surface area (Å²) in [7, 11) is -0.235. The van der Waals surface area contributed by atoms with E-state index in [2.05, 4.69) is 71.9 Å². The number of para-hydroxylation sites is 1. The van der Waals surface area contributed by atoms with E-state index in [9.17, 15) is 0 Å². The highest BCUT2D eigenvalue weighted by Gasteiger charge is 2.39. The van der Waals surface area contributed by atoms with Gasteiger partial charge in [-0.3, -0.25) is 0 Å². The van der Waals surface area contributed by atoms with Crippen LogP contribution >= 0.6 is 17.0 Å². The highest BCUT2D eigenvalue weighted by Crippen LogP contribution is 2.60. The third kappa shape index (κ3) is 7.67. The molecule has 8 rings (SSSR count). The monoisotopic (exact) mass is 796 g/mol. The first-order valence-corrected chi connectivity index (χ1v) is 21.2. The van der Waals surface area contributed by atoms with Crippen molar-refractivity contribution in [1.82, 2.24) is 0 Å².